The molecule has 1 N–H and O–H groups in total. The average molecular weight is 288 g/mol. The van der Waals surface area contributed by atoms with Gasteiger partial charge in [-0.25, -0.2) is 0 Å². The van der Waals surface area contributed by atoms with Crippen LogP contribution in [0.4, 0.5) is 5.69 Å². The summed E-state index contributed by atoms with van der Waals surface area (Å²) >= 11 is 0. The molecule has 0 amide bonds. The molecule has 0 atom stereocenters. The van der Waals surface area contributed by atoms with E-state index in [0.717, 1.165) is 16.3 Å². The minimum atomic E-state index is 0. The van der Waals surface area contributed by atoms with Crippen LogP contribution in [0.1, 0.15) is 5.56 Å². The number of hydrogen-bond donors (Lipinski definition) is 1. The standard InChI is InChI=1S/C12H11N2O.Y/c1-8-7-9-5-3-4-6-10(9)11(12(8)15)14-13-2;/h3,5-7,15H,1-2H3;/q-1;. The van der Waals surface area contributed by atoms with E-state index in [1.807, 2.05) is 25.1 Å². The van der Waals surface area contributed by atoms with Crippen molar-refractivity contribution in [3.63, 3.8) is 0 Å². The first-order valence-electron chi connectivity index (χ1n) is 4.66. The van der Waals surface area contributed by atoms with Gasteiger partial charge in [0.25, 0.3) is 0 Å². The number of azo groups is 1. The molecule has 3 nitrogen and oxygen atoms in total. The molecule has 0 fully saturated rings. The number of phenols is 1. The Morgan fingerprint density at radius 3 is 2.81 bits per heavy atom. The number of aromatic hydroxyl groups is 1. The van der Waals surface area contributed by atoms with Crippen LogP contribution in [0, 0.1) is 13.0 Å². The van der Waals surface area contributed by atoms with Crippen molar-refractivity contribution in [3.05, 3.63) is 35.9 Å². The number of nitrogens with zero attached hydrogens (tertiary/aromatic N) is 2. The Morgan fingerprint density at radius 1 is 1.38 bits per heavy atom. The third-order valence-electron chi connectivity index (χ3n) is 2.32. The monoisotopic (exact) mass is 288 g/mol. The first-order chi connectivity index (χ1) is 7.24. The first kappa shape index (κ1) is 13.3. The molecule has 2 rings (SSSR count). The van der Waals surface area contributed by atoms with Crippen LogP contribution in [-0.4, -0.2) is 12.2 Å². The van der Waals surface area contributed by atoms with Gasteiger partial charge in [0.15, 0.2) is 0 Å². The quantitative estimate of drug-likeness (QED) is 0.634. The summed E-state index contributed by atoms with van der Waals surface area (Å²) in [7, 11) is 1.58. The van der Waals surface area contributed by atoms with Gasteiger partial charge in [-0.2, -0.15) is 34.5 Å². The number of phenolic OH excluding ortho intramolecular Hbond substituents is 1. The molecule has 0 aliphatic rings. The Labute approximate surface area is 119 Å². The van der Waals surface area contributed by atoms with Gasteiger partial charge in [0.1, 0.15) is 5.75 Å². The molecule has 0 aliphatic heterocycles. The number of rotatable bonds is 1. The maximum atomic E-state index is 9.86. The van der Waals surface area contributed by atoms with Crippen molar-refractivity contribution in [2.45, 2.75) is 6.92 Å². The van der Waals surface area contributed by atoms with E-state index in [1.165, 1.54) is 0 Å². The zero-order chi connectivity index (χ0) is 10.8. The second-order valence-electron chi connectivity index (χ2n) is 3.34. The predicted octanol–water partition coefficient (Wildman–Crippen LogP) is 3.37. The largest absolute Gasteiger partial charge is 0.506 e. The molecule has 16 heavy (non-hydrogen) atoms. The van der Waals surface area contributed by atoms with Crippen molar-refractivity contribution in [1.29, 1.82) is 0 Å². The molecule has 0 spiro atoms. The molecule has 0 unspecified atom stereocenters. The van der Waals surface area contributed by atoms with Gasteiger partial charge in [0, 0.05) is 39.8 Å². The average Bonchev–Trinajstić information content (AvgIpc) is 2.25. The third kappa shape index (κ3) is 2.31. The van der Waals surface area contributed by atoms with Gasteiger partial charge in [-0.05, 0) is 12.5 Å². The van der Waals surface area contributed by atoms with Crippen LogP contribution in [-0.2, 0) is 32.7 Å². The molecule has 0 saturated carbocycles. The smallest absolute Gasteiger partial charge is 0.134 e. The minimum absolute atomic E-state index is 0. The zero-order valence-corrected chi connectivity index (χ0v) is 12.1. The minimum Gasteiger partial charge on any atom is -0.506 e. The van der Waals surface area contributed by atoms with E-state index in [-0.39, 0.29) is 38.5 Å². The Bertz CT molecular complexity index is 538. The van der Waals surface area contributed by atoms with E-state index in [4.69, 9.17) is 0 Å². The van der Waals surface area contributed by atoms with Crippen LogP contribution in [0.25, 0.3) is 10.8 Å². The van der Waals surface area contributed by atoms with Gasteiger partial charge >= 0.3 is 0 Å². The second kappa shape index (κ2) is 5.51. The van der Waals surface area contributed by atoms with E-state index >= 15 is 0 Å². The molecular weight excluding hydrogens is 277 g/mol. The van der Waals surface area contributed by atoms with Crippen molar-refractivity contribution in [2.24, 2.45) is 10.2 Å². The van der Waals surface area contributed by atoms with Crippen LogP contribution >= 0.6 is 0 Å². The van der Waals surface area contributed by atoms with Gasteiger partial charge in [0.05, 0.1) is 5.69 Å². The van der Waals surface area contributed by atoms with Gasteiger partial charge in [-0.15, -0.1) is 5.39 Å². The van der Waals surface area contributed by atoms with Crippen molar-refractivity contribution in [1.82, 2.24) is 0 Å². The number of hydrogen-bond acceptors (Lipinski definition) is 3. The summed E-state index contributed by atoms with van der Waals surface area (Å²) in [4.78, 5) is 0. The fraction of sp³-hybridized carbons (Fsp3) is 0.167. The van der Waals surface area contributed by atoms with Gasteiger partial charge in [-0.3, -0.25) is 0 Å². The summed E-state index contributed by atoms with van der Waals surface area (Å²) in [5.74, 6) is 0.188. The van der Waals surface area contributed by atoms with Crippen LogP contribution in [0.3, 0.4) is 0 Å². The van der Waals surface area contributed by atoms with Crippen LogP contribution in [0.2, 0.25) is 0 Å². The molecular formula is C12H11N2OY-. The summed E-state index contributed by atoms with van der Waals surface area (Å²) in [6.07, 6.45) is 0. The molecule has 79 valence electrons. The second-order valence-corrected chi connectivity index (χ2v) is 3.34. The maximum absolute atomic E-state index is 9.86. The summed E-state index contributed by atoms with van der Waals surface area (Å²) in [6, 6.07) is 10.5. The Morgan fingerprint density at radius 2 is 2.12 bits per heavy atom. The number of benzene rings is 2. The van der Waals surface area contributed by atoms with Crippen molar-refractivity contribution < 1.29 is 37.8 Å². The first-order valence-corrected chi connectivity index (χ1v) is 4.66. The summed E-state index contributed by atoms with van der Waals surface area (Å²) in [5, 5.41) is 19.4. The van der Waals surface area contributed by atoms with Crippen LogP contribution < -0.4 is 0 Å². The van der Waals surface area contributed by atoms with Crippen molar-refractivity contribution in [2.75, 3.05) is 7.05 Å². The van der Waals surface area contributed by atoms with E-state index in [2.05, 4.69) is 16.3 Å². The van der Waals surface area contributed by atoms with E-state index in [1.54, 1.807) is 13.1 Å². The number of aryl methyl sites for hydroxylation is 1. The molecule has 0 saturated heterocycles. The Kier molecular flexibility index (Phi) is 4.57. The van der Waals surface area contributed by atoms with Gasteiger partial charge < -0.3 is 5.11 Å². The van der Waals surface area contributed by atoms with Crippen molar-refractivity contribution >= 4 is 16.5 Å². The SMILES string of the molecule is CN=Nc1c(O)c(C)cc2cc[c-]cc12.[Y]. The molecule has 1 radical (unpaired) electrons. The summed E-state index contributed by atoms with van der Waals surface area (Å²) < 4.78 is 0. The molecule has 4 heteroatoms. The molecule has 0 bridgehead atoms. The molecule has 2 aromatic rings. The maximum Gasteiger partial charge on any atom is 0.134 e. The fourth-order valence-electron chi connectivity index (χ4n) is 1.59. The van der Waals surface area contributed by atoms with E-state index in [0.29, 0.717) is 5.69 Å². The normalized spacial score (nSPS) is 10.6. The van der Waals surface area contributed by atoms with Crippen molar-refractivity contribution in [3.8, 4) is 5.75 Å². The summed E-state index contributed by atoms with van der Waals surface area (Å²) in [6.45, 7) is 1.85. The molecule has 0 aliphatic carbocycles. The predicted molar refractivity (Wildman–Crippen MR) is 59.6 cm³/mol. The third-order valence-corrected chi connectivity index (χ3v) is 2.32. The van der Waals surface area contributed by atoms with Gasteiger partial charge in [0.2, 0.25) is 0 Å². The summed E-state index contributed by atoms with van der Waals surface area (Å²) in [5.41, 5.74) is 1.32. The fourth-order valence-corrected chi connectivity index (χ4v) is 1.59. The van der Waals surface area contributed by atoms with Crippen LogP contribution in [0.5, 0.6) is 5.75 Å². The molecule has 0 heterocycles. The van der Waals surface area contributed by atoms with Gasteiger partial charge in [-0.1, -0.05) is 11.5 Å². The number of fused-ring (bicyclic) bond motifs is 1. The Hall–Kier alpha value is -0.796. The topological polar surface area (TPSA) is 45.0 Å². The van der Waals surface area contributed by atoms with Crippen LogP contribution in [0.15, 0.2) is 34.5 Å². The molecule has 2 aromatic carbocycles. The van der Waals surface area contributed by atoms with E-state index in [9.17, 15) is 5.11 Å². The Balaban J connectivity index is 0.00000128. The van der Waals surface area contributed by atoms with E-state index < -0.39 is 0 Å². The zero-order valence-electron chi connectivity index (χ0n) is 9.23. The molecule has 0 aromatic heterocycles.